The second-order valence-electron chi connectivity index (χ2n) is 9.55. The number of alkyl halides is 3. The zero-order valence-electron chi connectivity index (χ0n) is 17.9. The Kier molecular flexibility index (Phi) is 5.65. The van der Waals surface area contributed by atoms with E-state index in [2.05, 4.69) is 16.0 Å². The number of carbonyl (C=O) groups is 3. The molecule has 3 aliphatic rings. The Balaban J connectivity index is 1.66. The lowest BCUT2D eigenvalue weighted by Gasteiger charge is -2.36. The van der Waals surface area contributed by atoms with Gasteiger partial charge in [-0.15, -0.1) is 0 Å². The fraction of sp³-hybridized carbons (Fsp3) is 0.591. The van der Waals surface area contributed by atoms with E-state index in [4.69, 9.17) is 0 Å². The van der Waals surface area contributed by atoms with Crippen LogP contribution in [0.5, 0.6) is 0 Å². The van der Waals surface area contributed by atoms with Crippen LogP contribution in [-0.2, 0) is 15.8 Å². The number of nitrogens with one attached hydrogen (secondary N) is 3. The monoisotopic (exact) mass is 473 g/mol. The molecule has 1 spiro atoms. The van der Waals surface area contributed by atoms with E-state index in [-0.39, 0.29) is 19.3 Å². The normalized spacial score (nSPS) is 27.5. The molecule has 0 unspecified atom stereocenters. The minimum Gasteiger partial charge on any atom is -0.348 e. The molecular weight excluding hydrogens is 449 g/mol. The average Bonchev–Trinajstić information content (AvgIpc) is 3.40. The highest BCUT2D eigenvalue weighted by Gasteiger charge is 2.53. The van der Waals surface area contributed by atoms with Crippen molar-refractivity contribution < 1.29 is 36.3 Å². The zero-order chi connectivity index (χ0) is 24.2. The van der Waals surface area contributed by atoms with E-state index in [1.165, 1.54) is 0 Å². The third kappa shape index (κ3) is 4.06. The maximum Gasteiger partial charge on any atom is 0.419 e. The number of imide groups is 1. The van der Waals surface area contributed by atoms with Crippen LogP contribution >= 0.6 is 0 Å². The van der Waals surface area contributed by atoms with Crippen molar-refractivity contribution in [1.29, 1.82) is 0 Å². The summed E-state index contributed by atoms with van der Waals surface area (Å²) in [6.07, 6.45) is -2.22. The summed E-state index contributed by atoms with van der Waals surface area (Å²) in [6, 6.07) is -1.06. The summed E-state index contributed by atoms with van der Waals surface area (Å²) in [6.45, 7) is 1.70. The quantitative estimate of drug-likeness (QED) is 0.455. The summed E-state index contributed by atoms with van der Waals surface area (Å²) in [5, 5.41) is 7.28. The maximum atomic E-state index is 15.1. The minimum absolute atomic E-state index is 0.00655. The van der Waals surface area contributed by atoms with E-state index < -0.39 is 69.7 Å². The molecule has 4 rings (SSSR count). The van der Waals surface area contributed by atoms with Gasteiger partial charge in [-0.3, -0.25) is 14.9 Å². The van der Waals surface area contributed by atoms with Crippen molar-refractivity contribution >= 4 is 17.8 Å². The predicted octanol–water partition coefficient (Wildman–Crippen LogP) is 4.10. The zero-order valence-corrected chi connectivity index (χ0v) is 17.9. The molecule has 2 saturated carbocycles. The molecule has 0 aromatic heterocycles. The molecule has 1 aromatic rings. The number of rotatable bonds is 4. The van der Waals surface area contributed by atoms with Crippen LogP contribution in [0.3, 0.4) is 0 Å². The summed E-state index contributed by atoms with van der Waals surface area (Å²) >= 11 is 0. The van der Waals surface area contributed by atoms with Crippen molar-refractivity contribution in [3.63, 3.8) is 0 Å². The van der Waals surface area contributed by atoms with Gasteiger partial charge in [0, 0.05) is 11.5 Å². The number of halogens is 5. The van der Waals surface area contributed by atoms with Crippen molar-refractivity contribution in [2.45, 2.75) is 69.6 Å². The third-order valence-corrected chi connectivity index (χ3v) is 7.35. The van der Waals surface area contributed by atoms with Crippen molar-refractivity contribution in [1.82, 2.24) is 16.0 Å². The molecule has 11 heteroatoms. The van der Waals surface area contributed by atoms with Crippen LogP contribution in [0.15, 0.2) is 12.1 Å². The fourth-order valence-electron chi connectivity index (χ4n) is 5.50. The van der Waals surface area contributed by atoms with Gasteiger partial charge in [0.05, 0.1) is 11.6 Å². The van der Waals surface area contributed by atoms with Crippen LogP contribution in [0.1, 0.15) is 69.0 Å². The van der Waals surface area contributed by atoms with Crippen molar-refractivity contribution in [3.05, 3.63) is 34.9 Å². The number of hydrogen-bond acceptors (Lipinski definition) is 3. The number of amides is 4. The first-order chi connectivity index (χ1) is 15.4. The first-order valence-corrected chi connectivity index (χ1v) is 10.9. The van der Waals surface area contributed by atoms with E-state index in [1.807, 2.05) is 0 Å². The summed E-state index contributed by atoms with van der Waals surface area (Å²) in [5.74, 6) is -4.80. The van der Waals surface area contributed by atoms with Crippen LogP contribution < -0.4 is 16.0 Å². The summed E-state index contributed by atoms with van der Waals surface area (Å²) in [5.41, 5.74) is -4.47. The Bertz CT molecular complexity index is 1010. The Morgan fingerprint density at radius 1 is 1.15 bits per heavy atom. The van der Waals surface area contributed by atoms with E-state index in [0.29, 0.717) is 37.8 Å². The smallest absolute Gasteiger partial charge is 0.348 e. The summed E-state index contributed by atoms with van der Waals surface area (Å²) < 4.78 is 69.8. The summed E-state index contributed by atoms with van der Waals surface area (Å²) in [4.78, 5) is 36.8. The largest absolute Gasteiger partial charge is 0.419 e. The fourth-order valence-corrected chi connectivity index (χ4v) is 5.50. The third-order valence-electron chi connectivity index (χ3n) is 7.35. The van der Waals surface area contributed by atoms with Gasteiger partial charge in [0.1, 0.15) is 17.2 Å². The maximum absolute atomic E-state index is 15.1. The molecule has 0 radical (unpaired) electrons. The van der Waals surface area contributed by atoms with Crippen LogP contribution in [-0.4, -0.2) is 23.4 Å². The number of urea groups is 1. The molecule has 2 aliphatic carbocycles. The van der Waals surface area contributed by atoms with E-state index in [9.17, 15) is 31.9 Å². The van der Waals surface area contributed by atoms with Gasteiger partial charge < -0.3 is 10.6 Å². The predicted molar refractivity (Wildman–Crippen MR) is 106 cm³/mol. The number of benzene rings is 1. The Morgan fingerprint density at radius 2 is 1.82 bits per heavy atom. The lowest BCUT2D eigenvalue weighted by Crippen LogP contribution is -2.46. The second-order valence-corrected chi connectivity index (χ2v) is 9.55. The van der Waals surface area contributed by atoms with Crippen molar-refractivity contribution in [2.75, 3.05) is 0 Å². The SMILES string of the molecule is CC1([C@H](NC(=O)[C@@H]2CC[C@@]3(C2)NC(=O)NC3=O)c2c(F)ccc(C(F)(F)F)c2F)CCCC1. The van der Waals surface area contributed by atoms with Gasteiger partial charge in [0.15, 0.2) is 0 Å². The van der Waals surface area contributed by atoms with Crippen LogP contribution in [0.4, 0.5) is 26.7 Å². The van der Waals surface area contributed by atoms with Gasteiger partial charge >= 0.3 is 12.2 Å². The first kappa shape index (κ1) is 23.4. The second kappa shape index (κ2) is 7.95. The number of hydrogen-bond donors (Lipinski definition) is 3. The van der Waals surface area contributed by atoms with E-state index in [1.54, 1.807) is 6.92 Å². The molecule has 1 aliphatic heterocycles. The Hall–Kier alpha value is -2.72. The molecule has 1 heterocycles. The van der Waals surface area contributed by atoms with Gasteiger partial charge in [0.2, 0.25) is 5.91 Å². The Morgan fingerprint density at radius 3 is 2.39 bits per heavy atom. The molecule has 1 aromatic carbocycles. The molecule has 3 fully saturated rings. The molecule has 4 amide bonds. The highest BCUT2D eigenvalue weighted by Crippen LogP contribution is 2.50. The van der Waals surface area contributed by atoms with Gasteiger partial charge in [-0.2, -0.15) is 13.2 Å². The number of carbonyl (C=O) groups excluding carboxylic acids is 3. The van der Waals surface area contributed by atoms with Gasteiger partial charge in [-0.25, -0.2) is 13.6 Å². The minimum atomic E-state index is -5.02. The molecule has 3 N–H and O–H groups in total. The topological polar surface area (TPSA) is 87.3 Å². The highest BCUT2D eigenvalue weighted by molar-refractivity contribution is 6.07. The van der Waals surface area contributed by atoms with Crippen molar-refractivity contribution in [3.8, 4) is 0 Å². The lowest BCUT2D eigenvalue weighted by atomic mass is 9.76. The van der Waals surface area contributed by atoms with Gasteiger partial charge in [-0.1, -0.05) is 19.8 Å². The molecule has 6 nitrogen and oxygen atoms in total. The Labute approximate surface area is 186 Å². The van der Waals surface area contributed by atoms with Crippen LogP contribution in [0, 0.1) is 23.0 Å². The van der Waals surface area contributed by atoms with Crippen molar-refractivity contribution in [2.24, 2.45) is 11.3 Å². The van der Waals surface area contributed by atoms with Gasteiger partial charge in [0.25, 0.3) is 5.91 Å². The standard InChI is InChI=1S/C22H24F5N3O3/c1-20(7-2-3-8-20)16(14-13(23)5-4-12(15(14)24)22(25,26)27)28-17(31)11-6-9-21(10-11)18(32)29-19(33)30-21/h4-5,11,16H,2-3,6-10H2,1H3,(H,28,31)(H2,29,30,32,33)/t11-,16-,21+/m1/s1. The average molecular weight is 473 g/mol. The van der Waals surface area contributed by atoms with E-state index >= 15 is 4.39 Å². The van der Waals surface area contributed by atoms with Crippen LogP contribution in [0.25, 0.3) is 0 Å². The molecule has 1 saturated heterocycles. The first-order valence-electron chi connectivity index (χ1n) is 10.9. The van der Waals surface area contributed by atoms with Crippen LogP contribution in [0.2, 0.25) is 0 Å². The lowest BCUT2D eigenvalue weighted by molar-refractivity contribution is -0.140. The molecule has 0 bridgehead atoms. The summed E-state index contributed by atoms with van der Waals surface area (Å²) in [7, 11) is 0. The highest BCUT2D eigenvalue weighted by atomic mass is 19.4. The molecule has 3 atom stereocenters. The molecular formula is C22H24F5N3O3. The molecule has 33 heavy (non-hydrogen) atoms. The van der Waals surface area contributed by atoms with E-state index in [0.717, 1.165) is 0 Å². The van der Waals surface area contributed by atoms with Gasteiger partial charge in [-0.05, 0) is 49.7 Å². The molecule has 180 valence electrons.